The maximum atomic E-state index is 4.44. The van der Waals surface area contributed by atoms with Crippen LogP contribution in [0.3, 0.4) is 0 Å². The number of rotatable bonds is 4. The van der Waals surface area contributed by atoms with Gasteiger partial charge in [0.1, 0.15) is 11.9 Å². The lowest BCUT2D eigenvalue weighted by Crippen LogP contribution is -2.21. The lowest BCUT2D eigenvalue weighted by molar-refractivity contribution is 0.596. The van der Waals surface area contributed by atoms with Gasteiger partial charge in [-0.25, -0.2) is 4.98 Å². The van der Waals surface area contributed by atoms with E-state index in [-0.39, 0.29) is 6.04 Å². The monoisotopic (exact) mass is 299 g/mol. The molecule has 2 heterocycles. The first-order chi connectivity index (χ1) is 7.77. The molecule has 16 heavy (non-hydrogen) atoms. The quantitative estimate of drug-likeness (QED) is 0.940. The first-order valence-corrected chi connectivity index (χ1v) is 6.86. The number of hydrogen-bond acceptors (Lipinski definition) is 3. The van der Waals surface area contributed by atoms with E-state index in [4.69, 9.17) is 0 Å². The zero-order valence-electron chi connectivity index (χ0n) is 9.27. The molecule has 0 saturated carbocycles. The molecule has 86 valence electrons. The van der Waals surface area contributed by atoms with Crippen molar-refractivity contribution in [2.75, 3.05) is 7.05 Å². The molecule has 2 rings (SSSR count). The number of aromatic nitrogens is 2. The maximum Gasteiger partial charge on any atom is 0.131 e. The summed E-state index contributed by atoms with van der Waals surface area (Å²) in [5, 5.41) is 5.41. The number of nitrogens with one attached hydrogen (secondary N) is 1. The molecule has 2 aromatic rings. The molecular formula is C11H14BrN3S. The Hall–Kier alpha value is -0.650. The molecule has 0 fully saturated rings. The van der Waals surface area contributed by atoms with Crippen molar-refractivity contribution >= 4 is 27.3 Å². The summed E-state index contributed by atoms with van der Waals surface area (Å²) in [5.74, 6) is 1.06. The van der Waals surface area contributed by atoms with Gasteiger partial charge in [-0.05, 0) is 41.3 Å². The highest BCUT2D eigenvalue weighted by Crippen LogP contribution is 2.32. The van der Waals surface area contributed by atoms with Crippen molar-refractivity contribution in [3.05, 3.63) is 39.0 Å². The van der Waals surface area contributed by atoms with E-state index in [2.05, 4.69) is 49.2 Å². The predicted molar refractivity (Wildman–Crippen MR) is 70.8 cm³/mol. The van der Waals surface area contributed by atoms with E-state index >= 15 is 0 Å². The van der Waals surface area contributed by atoms with Crippen LogP contribution in [0.25, 0.3) is 0 Å². The topological polar surface area (TPSA) is 29.9 Å². The van der Waals surface area contributed by atoms with Gasteiger partial charge in [-0.1, -0.05) is 0 Å². The SMILES string of the molecule is CCn1ccnc1C(NC)c1sccc1Br. The van der Waals surface area contributed by atoms with Crippen LogP contribution in [-0.4, -0.2) is 16.6 Å². The third kappa shape index (κ3) is 2.07. The van der Waals surface area contributed by atoms with Gasteiger partial charge in [0.2, 0.25) is 0 Å². The zero-order chi connectivity index (χ0) is 11.5. The van der Waals surface area contributed by atoms with Crippen molar-refractivity contribution in [1.29, 1.82) is 0 Å². The second-order valence-electron chi connectivity index (χ2n) is 3.43. The summed E-state index contributed by atoms with van der Waals surface area (Å²) in [4.78, 5) is 5.71. The van der Waals surface area contributed by atoms with E-state index in [0.29, 0.717) is 0 Å². The molecule has 0 amide bonds. The first-order valence-electron chi connectivity index (χ1n) is 5.19. The highest BCUT2D eigenvalue weighted by molar-refractivity contribution is 9.10. The Morgan fingerprint density at radius 1 is 1.62 bits per heavy atom. The number of imidazole rings is 1. The highest BCUT2D eigenvalue weighted by atomic mass is 79.9. The summed E-state index contributed by atoms with van der Waals surface area (Å²) in [6, 6.07) is 2.23. The Morgan fingerprint density at radius 3 is 3.00 bits per heavy atom. The predicted octanol–water partition coefficient (Wildman–Crippen LogP) is 3.04. The van der Waals surface area contributed by atoms with Crippen molar-refractivity contribution < 1.29 is 0 Å². The molecule has 0 saturated heterocycles. The van der Waals surface area contributed by atoms with Crippen molar-refractivity contribution in [3.8, 4) is 0 Å². The van der Waals surface area contributed by atoms with E-state index in [0.717, 1.165) is 16.8 Å². The highest BCUT2D eigenvalue weighted by Gasteiger charge is 2.20. The number of thiophene rings is 1. The fourth-order valence-corrected chi connectivity index (χ4v) is 3.44. The minimum absolute atomic E-state index is 0.157. The Morgan fingerprint density at radius 2 is 2.44 bits per heavy atom. The van der Waals surface area contributed by atoms with Gasteiger partial charge in [-0.3, -0.25) is 0 Å². The first kappa shape index (κ1) is 11.8. The van der Waals surface area contributed by atoms with Crippen molar-refractivity contribution in [2.45, 2.75) is 19.5 Å². The normalized spacial score (nSPS) is 12.9. The smallest absolute Gasteiger partial charge is 0.131 e. The standard InChI is InChI=1S/C11H14BrN3S/c1-3-15-6-5-14-11(15)9(13-2)10-8(12)4-7-16-10/h4-7,9,13H,3H2,1-2H3. The van der Waals surface area contributed by atoms with E-state index in [1.54, 1.807) is 11.3 Å². The van der Waals surface area contributed by atoms with Gasteiger partial charge in [0.05, 0.1) is 0 Å². The molecule has 0 bridgehead atoms. The fraction of sp³-hybridized carbons (Fsp3) is 0.364. The van der Waals surface area contributed by atoms with Crippen LogP contribution in [-0.2, 0) is 6.54 Å². The molecule has 2 aromatic heterocycles. The number of nitrogens with zero attached hydrogens (tertiary/aromatic N) is 2. The molecule has 1 atom stereocenters. The molecule has 0 spiro atoms. The summed E-state index contributed by atoms with van der Waals surface area (Å²) in [6.07, 6.45) is 3.87. The molecule has 1 unspecified atom stereocenters. The summed E-state index contributed by atoms with van der Waals surface area (Å²) >= 11 is 5.31. The molecule has 0 aliphatic heterocycles. The molecule has 0 aliphatic rings. The molecule has 0 radical (unpaired) electrons. The van der Waals surface area contributed by atoms with Crippen LogP contribution in [0.2, 0.25) is 0 Å². The average molecular weight is 300 g/mol. The summed E-state index contributed by atoms with van der Waals surface area (Å²) in [7, 11) is 1.96. The van der Waals surface area contributed by atoms with E-state index in [9.17, 15) is 0 Å². The van der Waals surface area contributed by atoms with Gasteiger partial charge in [0.25, 0.3) is 0 Å². The van der Waals surface area contributed by atoms with Crippen LogP contribution < -0.4 is 5.32 Å². The summed E-state index contributed by atoms with van der Waals surface area (Å²) in [5.41, 5.74) is 0. The lowest BCUT2D eigenvalue weighted by Gasteiger charge is -2.16. The van der Waals surface area contributed by atoms with Crippen LogP contribution in [0, 0.1) is 0 Å². The second-order valence-corrected chi connectivity index (χ2v) is 5.23. The zero-order valence-corrected chi connectivity index (χ0v) is 11.7. The Labute approximate surface area is 108 Å². The van der Waals surface area contributed by atoms with Crippen LogP contribution in [0.5, 0.6) is 0 Å². The third-order valence-electron chi connectivity index (χ3n) is 2.54. The maximum absolute atomic E-state index is 4.44. The fourth-order valence-electron chi connectivity index (χ4n) is 1.74. The van der Waals surface area contributed by atoms with Gasteiger partial charge in [-0.2, -0.15) is 0 Å². The third-order valence-corrected chi connectivity index (χ3v) is 4.48. The van der Waals surface area contributed by atoms with Gasteiger partial charge >= 0.3 is 0 Å². The van der Waals surface area contributed by atoms with E-state index in [1.165, 1.54) is 4.88 Å². The van der Waals surface area contributed by atoms with Crippen LogP contribution in [0.15, 0.2) is 28.3 Å². The van der Waals surface area contributed by atoms with Crippen LogP contribution >= 0.6 is 27.3 Å². The second kappa shape index (κ2) is 5.12. The molecular weight excluding hydrogens is 286 g/mol. The molecule has 1 N–H and O–H groups in total. The lowest BCUT2D eigenvalue weighted by atomic mass is 10.2. The minimum atomic E-state index is 0.157. The van der Waals surface area contributed by atoms with E-state index in [1.807, 2.05) is 19.4 Å². The average Bonchev–Trinajstić information content (AvgIpc) is 2.90. The largest absolute Gasteiger partial charge is 0.334 e. The van der Waals surface area contributed by atoms with Gasteiger partial charge < -0.3 is 9.88 Å². The molecule has 5 heteroatoms. The van der Waals surface area contributed by atoms with Gasteiger partial charge in [-0.15, -0.1) is 11.3 Å². The van der Waals surface area contributed by atoms with E-state index < -0.39 is 0 Å². The van der Waals surface area contributed by atoms with Gasteiger partial charge in [0.15, 0.2) is 0 Å². The van der Waals surface area contributed by atoms with Crippen LogP contribution in [0.1, 0.15) is 23.7 Å². The number of aryl methyl sites for hydroxylation is 1. The summed E-state index contributed by atoms with van der Waals surface area (Å²) in [6.45, 7) is 3.07. The van der Waals surface area contributed by atoms with Crippen LogP contribution in [0.4, 0.5) is 0 Å². The van der Waals surface area contributed by atoms with Crippen molar-refractivity contribution in [3.63, 3.8) is 0 Å². The Bertz CT molecular complexity index is 463. The van der Waals surface area contributed by atoms with Gasteiger partial charge in [0, 0.05) is 28.3 Å². The molecule has 3 nitrogen and oxygen atoms in total. The molecule has 0 aliphatic carbocycles. The number of hydrogen-bond donors (Lipinski definition) is 1. The molecule has 0 aromatic carbocycles. The van der Waals surface area contributed by atoms with Crippen molar-refractivity contribution in [1.82, 2.24) is 14.9 Å². The summed E-state index contributed by atoms with van der Waals surface area (Å²) < 4.78 is 3.30. The van der Waals surface area contributed by atoms with Crippen molar-refractivity contribution in [2.24, 2.45) is 0 Å². The Kier molecular flexibility index (Phi) is 3.78. The Balaban J connectivity index is 2.40. The number of halogens is 1. The minimum Gasteiger partial charge on any atom is -0.334 e.